The highest BCUT2D eigenvalue weighted by atomic mass is 16.6. The van der Waals surface area contributed by atoms with E-state index in [-0.39, 0.29) is 5.78 Å². The number of carbonyl (C=O) groups excluding carboxylic acids is 2. The molecule has 102 valence electrons. The summed E-state index contributed by atoms with van der Waals surface area (Å²) in [5.74, 6) is 0.388. The second kappa shape index (κ2) is 4.91. The van der Waals surface area contributed by atoms with Crippen molar-refractivity contribution in [3.05, 3.63) is 23.8 Å². The molecule has 2 rings (SSSR count). The van der Waals surface area contributed by atoms with Gasteiger partial charge in [0.05, 0.1) is 0 Å². The lowest BCUT2D eigenvalue weighted by molar-refractivity contribution is -0.149. The van der Waals surface area contributed by atoms with Crippen molar-refractivity contribution in [2.75, 3.05) is 13.2 Å². The maximum atomic E-state index is 12.3. The number of ether oxygens (including phenoxy) is 3. The van der Waals surface area contributed by atoms with Gasteiger partial charge in [-0.05, 0) is 32.0 Å². The van der Waals surface area contributed by atoms with Crippen molar-refractivity contribution in [2.24, 2.45) is 0 Å². The molecule has 5 nitrogen and oxygen atoms in total. The Morgan fingerprint density at radius 2 is 1.79 bits per heavy atom. The van der Waals surface area contributed by atoms with Gasteiger partial charge in [0.1, 0.15) is 13.2 Å². The zero-order chi connectivity index (χ0) is 14.0. The van der Waals surface area contributed by atoms with Crippen molar-refractivity contribution in [2.45, 2.75) is 26.4 Å². The number of esters is 1. The van der Waals surface area contributed by atoms with Crippen molar-refractivity contribution in [1.29, 1.82) is 0 Å². The molecular weight excluding hydrogens is 248 g/mol. The van der Waals surface area contributed by atoms with Crippen LogP contribution in [0.3, 0.4) is 0 Å². The van der Waals surface area contributed by atoms with Gasteiger partial charge < -0.3 is 14.2 Å². The summed E-state index contributed by atoms with van der Waals surface area (Å²) in [5.41, 5.74) is -0.772. The van der Waals surface area contributed by atoms with Crippen LogP contribution >= 0.6 is 0 Å². The summed E-state index contributed by atoms with van der Waals surface area (Å²) in [5, 5.41) is 0. The maximum absolute atomic E-state index is 12.3. The number of hydrogen-bond acceptors (Lipinski definition) is 5. The number of rotatable bonds is 3. The Bertz CT molecular complexity index is 519. The van der Waals surface area contributed by atoms with Crippen LogP contribution in [0.15, 0.2) is 18.2 Å². The average molecular weight is 264 g/mol. The van der Waals surface area contributed by atoms with Gasteiger partial charge in [-0.25, -0.2) is 0 Å². The van der Waals surface area contributed by atoms with Crippen LogP contribution in [0, 0.1) is 0 Å². The summed E-state index contributed by atoms with van der Waals surface area (Å²) >= 11 is 0. The van der Waals surface area contributed by atoms with Gasteiger partial charge in [-0.15, -0.1) is 0 Å². The monoisotopic (exact) mass is 264 g/mol. The van der Waals surface area contributed by atoms with Crippen molar-refractivity contribution in [3.63, 3.8) is 0 Å². The van der Waals surface area contributed by atoms with Crippen molar-refractivity contribution in [3.8, 4) is 11.5 Å². The molecule has 0 unspecified atom stereocenters. The molecule has 1 heterocycles. The Morgan fingerprint density at radius 1 is 1.16 bits per heavy atom. The number of Topliss-reactive ketones (excluding diaryl/α,β-unsaturated/α-hetero) is 1. The molecule has 0 saturated heterocycles. The third-order valence-corrected chi connectivity index (χ3v) is 2.75. The molecule has 1 aromatic rings. The summed E-state index contributed by atoms with van der Waals surface area (Å²) in [6.45, 7) is 5.36. The first-order valence-electron chi connectivity index (χ1n) is 6.04. The molecule has 5 heteroatoms. The van der Waals surface area contributed by atoms with Crippen LogP contribution in [0.5, 0.6) is 11.5 Å². The average Bonchev–Trinajstić information content (AvgIpc) is 2.35. The Balaban J connectivity index is 2.26. The van der Waals surface area contributed by atoms with Crippen LogP contribution in [0.4, 0.5) is 0 Å². The summed E-state index contributed by atoms with van der Waals surface area (Å²) in [6, 6.07) is 4.94. The number of carbonyl (C=O) groups is 2. The molecule has 0 aliphatic carbocycles. The highest BCUT2D eigenvalue weighted by Gasteiger charge is 2.32. The second-order valence-corrected chi connectivity index (χ2v) is 4.79. The molecule has 0 atom stereocenters. The van der Waals surface area contributed by atoms with E-state index in [9.17, 15) is 9.59 Å². The first-order chi connectivity index (χ1) is 8.90. The Labute approximate surface area is 111 Å². The van der Waals surface area contributed by atoms with Gasteiger partial charge in [-0.2, -0.15) is 0 Å². The molecule has 0 bridgehead atoms. The van der Waals surface area contributed by atoms with Crippen molar-refractivity contribution in [1.82, 2.24) is 0 Å². The van der Waals surface area contributed by atoms with E-state index in [0.717, 1.165) is 0 Å². The van der Waals surface area contributed by atoms with Crippen LogP contribution in [-0.2, 0) is 9.53 Å². The van der Waals surface area contributed by atoms with Crippen LogP contribution in [0.1, 0.15) is 31.1 Å². The molecule has 0 fully saturated rings. The molecule has 0 saturated carbocycles. The predicted molar refractivity (Wildman–Crippen MR) is 67.6 cm³/mol. The molecule has 19 heavy (non-hydrogen) atoms. The first kappa shape index (κ1) is 13.4. The topological polar surface area (TPSA) is 61.8 Å². The molecule has 1 aliphatic rings. The van der Waals surface area contributed by atoms with Gasteiger partial charge in [0.25, 0.3) is 0 Å². The molecule has 0 aromatic heterocycles. The lowest BCUT2D eigenvalue weighted by Crippen LogP contribution is -2.36. The van der Waals surface area contributed by atoms with E-state index in [0.29, 0.717) is 30.3 Å². The fourth-order valence-corrected chi connectivity index (χ4v) is 1.94. The third-order valence-electron chi connectivity index (χ3n) is 2.75. The standard InChI is InChI=1S/C14H16O5/c1-9(15)19-14(2,3)13(16)10-4-5-11-12(8-10)18-7-6-17-11/h4-5,8H,6-7H2,1-3H3. The third kappa shape index (κ3) is 2.86. The molecule has 0 radical (unpaired) electrons. The second-order valence-electron chi connectivity index (χ2n) is 4.79. The molecule has 0 N–H and O–H groups in total. The van der Waals surface area contributed by atoms with E-state index in [4.69, 9.17) is 14.2 Å². The fourth-order valence-electron chi connectivity index (χ4n) is 1.94. The number of fused-ring (bicyclic) bond motifs is 1. The smallest absolute Gasteiger partial charge is 0.303 e. The molecule has 0 amide bonds. The zero-order valence-electron chi connectivity index (χ0n) is 11.2. The van der Waals surface area contributed by atoms with Gasteiger partial charge in [0.15, 0.2) is 17.1 Å². The van der Waals surface area contributed by atoms with E-state index >= 15 is 0 Å². The normalized spacial score (nSPS) is 13.8. The van der Waals surface area contributed by atoms with E-state index in [2.05, 4.69) is 0 Å². The van der Waals surface area contributed by atoms with E-state index < -0.39 is 11.6 Å². The Morgan fingerprint density at radius 3 is 2.42 bits per heavy atom. The summed E-state index contributed by atoms with van der Waals surface area (Å²) < 4.78 is 15.8. The number of benzene rings is 1. The van der Waals surface area contributed by atoms with Crippen LogP contribution in [0.2, 0.25) is 0 Å². The SMILES string of the molecule is CC(=O)OC(C)(C)C(=O)c1ccc2c(c1)OCCO2. The quantitative estimate of drug-likeness (QED) is 0.617. The van der Waals surface area contributed by atoms with Gasteiger partial charge in [0, 0.05) is 12.5 Å². The molecule has 1 aliphatic heterocycles. The lowest BCUT2D eigenvalue weighted by Gasteiger charge is -2.24. The molecular formula is C14H16O5. The largest absolute Gasteiger partial charge is 0.486 e. The number of ketones is 1. The van der Waals surface area contributed by atoms with Crippen LogP contribution in [-0.4, -0.2) is 30.6 Å². The summed E-state index contributed by atoms with van der Waals surface area (Å²) in [4.78, 5) is 23.3. The zero-order valence-corrected chi connectivity index (χ0v) is 11.2. The van der Waals surface area contributed by atoms with Gasteiger partial charge in [-0.1, -0.05) is 0 Å². The highest BCUT2D eigenvalue weighted by molar-refractivity contribution is 6.03. The molecule has 0 spiro atoms. The van der Waals surface area contributed by atoms with Gasteiger partial charge >= 0.3 is 5.97 Å². The van der Waals surface area contributed by atoms with E-state index in [1.54, 1.807) is 32.0 Å². The summed E-state index contributed by atoms with van der Waals surface area (Å²) in [7, 11) is 0. The Hall–Kier alpha value is -2.04. The van der Waals surface area contributed by atoms with Crippen molar-refractivity contribution < 1.29 is 23.8 Å². The minimum atomic E-state index is -1.20. The van der Waals surface area contributed by atoms with Gasteiger partial charge in [0.2, 0.25) is 5.78 Å². The van der Waals surface area contributed by atoms with Gasteiger partial charge in [-0.3, -0.25) is 9.59 Å². The van der Waals surface area contributed by atoms with E-state index in [1.807, 2.05) is 0 Å². The Kier molecular flexibility index (Phi) is 3.46. The first-order valence-corrected chi connectivity index (χ1v) is 6.04. The predicted octanol–water partition coefficient (Wildman–Crippen LogP) is 1.98. The maximum Gasteiger partial charge on any atom is 0.303 e. The van der Waals surface area contributed by atoms with E-state index in [1.165, 1.54) is 6.92 Å². The summed E-state index contributed by atoms with van der Waals surface area (Å²) in [6.07, 6.45) is 0. The van der Waals surface area contributed by atoms with Crippen LogP contribution in [0.25, 0.3) is 0 Å². The minimum Gasteiger partial charge on any atom is -0.486 e. The fraction of sp³-hybridized carbons (Fsp3) is 0.429. The van der Waals surface area contributed by atoms with Crippen LogP contribution < -0.4 is 9.47 Å². The highest BCUT2D eigenvalue weighted by Crippen LogP contribution is 2.32. The number of hydrogen-bond donors (Lipinski definition) is 0. The lowest BCUT2D eigenvalue weighted by atomic mass is 9.96. The van der Waals surface area contributed by atoms with Crippen molar-refractivity contribution >= 4 is 11.8 Å². The minimum absolute atomic E-state index is 0.278. The molecule has 1 aromatic carbocycles.